The van der Waals surface area contributed by atoms with Gasteiger partial charge in [-0.15, -0.1) is 0 Å². The summed E-state index contributed by atoms with van der Waals surface area (Å²) in [7, 11) is 0. The van der Waals surface area contributed by atoms with Crippen molar-refractivity contribution in [2.75, 3.05) is 13.1 Å². The van der Waals surface area contributed by atoms with E-state index in [4.69, 9.17) is 4.74 Å². The number of carbonyl (C=O) groups is 2. The summed E-state index contributed by atoms with van der Waals surface area (Å²) in [6, 6.07) is -0.0611. The van der Waals surface area contributed by atoms with Gasteiger partial charge in [-0.2, -0.15) is 0 Å². The van der Waals surface area contributed by atoms with Crippen molar-refractivity contribution >= 4 is 12.0 Å². The minimum atomic E-state index is -0.510. The lowest BCUT2D eigenvalue weighted by Gasteiger charge is -2.39. The third-order valence-electron chi connectivity index (χ3n) is 3.99. The summed E-state index contributed by atoms with van der Waals surface area (Å²) in [5.41, 5.74) is -0.510. The SMILES string of the molecule is CC(C)(C)OC(=O)N[C@@H]1CCC(=O)N[C@H]1[C@H]1CCCNC1. The van der Waals surface area contributed by atoms with E-state index in [-0.39, 0.29) is 18.0 Å². The van der Waals surface area contributed by atoms with Crippen molar-refractivity contribution in [1.82, 2.24) is 16.0 Å². The van der Waals surface area contributed by atoms with Crippen LogP contribution < -0.4 is 16.0 Å². The van der Waals surface area contributed by atoms with Gasteiger partial charge in [-0.25, -0.2) is 4.79 Å². The number of piperidine rings is 2. The molecule has 2 amide bonds. The highest BCUT2D eigenvalue weighted by atomic mass is 16.6. The van der Waals surface area contributed by atoms with Crippen molar-refractivity contribution in [2.24, 2.45) is 5.92 Å². The maximum Gasteiger partial charge on any atom is 0.407 e. The van der Waals surface area contributed by atoms with E-state index in [1.165, 1.54) is 0 Å². The lowest BCUT2D eigenvalue weighted by molar-refractivity contribution is -0.124. The zero-order chi connectivity index (χ0) is 15.5. The second-order valence-electron chi connectivity index (χ2n) is 6.99. The monoisotopic (exact) mass is 297 g/mol. The molecule has 0 saturated carbocycles. The molecular weight excluding hydrogens is 270 g/mol. The van der Waals surface area contributed by atoms with Crippen LogP contribution in [0.3, 0.4) is 0 Å². The number of nitrogens with one attached hydrogen (secondary N) is 3. The fourth-order valence-electron chi connectivity index (χ4n) is 3.08. The molecule has 0 aliphatic carbocycles. The van der Waals surface area contributed by atoms with Gasteiger partial charge in [-0.3, -0.25) is 4.79 Å². The number of ether oxygens (including phenoxy) is 1. The third kappa shape index (κ3) is 4.88. The second-order valence-corrected chi connectivity index (χ2v) is 6.99. The highest BCUT2D eigenvalue weighted by molar-refractivity contribution is 5.78. The van der Waals surface area contributed by atoms with Crippen LogP contribution in [-0.2, 0) is 9.53 Å². The molecule has 6 nitrogen and oxygen atoms in total. The molecule has 0 bridgehead atoms. The van der Waals surface area contributed by atoms with Crippen LogP contribution in [0.25, 0.3) is 0 Å². The van der Waals surface area contributed by atoms with Gasteiger partial charge in [0, 0.05) is 6.42 Å². The van der Waals surface area contributed by atoms with Crippen LogP contribution in [-0.4, -0.2) is 42.8 Å². The molecule has 120 valence electrons. The van der Waals surface area contributed by atoms with Crippen LogP contribution >= 0.6 is 0 Å². The maximum absolute atomic E-state index is 12.0. The maximum atomic E-state index is 12.0. The first kappa shape index (κ1) is 16.1. The molecule has 0 aromatic heterocycles. The lowest BCUT2D eigenvalue weighted by atomic mass is 9.83. The van der Waals surface area contributed by atoms with Crippen LogP contribution in [0.15, 0.2) is 0 Å². The molecular formula is C15H27N3O3. The first-order valence-corrected chi connectivity index (χ1v) is 7.85. The number of hydrogen-bond donors (Lipinski definition) is 3. The van der Waals surface area contributed by atoms with Crippen molar-refractivity contribution < 1.29 is 14.3 Å². The minimum absolute atomic E-state index is 0.00781. The van der Waals surface area contributed by atoms with Crippen molar-refractivity contribution in [1.29, 1.82) is 0 Å². The largest absolute Gasteiger partial charge is 0.444 e. The molecule has 0 unspecified atom stereocenters. The Morgan fingerprint density at radius 1 is 1.33 bits per heavy atom. The summed E-state index contributed by atoms with van der Waals surface area (Å²) in [4.78, 5) is 23.7. The molecule has 6 heteroatoms. The molecule has 3 atom stereocenters. The van der Waals surface area contributed by atoms with Crippen LogP contribution in [0.5, 0.6) is 0 Å². The number of alkyl carbamates (subject to hydrolysis) is 1. The number of hydrogen-bond acceptors (Lipinski definition) is 4. The predicted octanol–water partition coefficient (Wildman–Crippen LogP) is 1.16. The average Bonchev–Trinajstić information content (AvgIpc) is 2.40. The molecule has 2 aliphatic rings. The van der Waals surface area contributed by atoms with E-state index in [1.54, 1.807) is 0 Å². The van der Waals surface area contributed by atoms with Crippen molar-refractivity contribution in [2.45, 2.75) is 64.1 Å². The van der Waals surface area contributed by atoms with Crippen molar-refractivity contribution in [3.8, 4) is 0 Å². The molecule has 0 aromatic carbocycles. The van der Waals surface area contributed by atoms with E-state index < -0.39 is 11.7 Å². The van der Waals surface area contributed by atoms with Crippen LogP contribution in [0.2, 0.25) is 0 Å². The first-order valence-electron chi connectivity index (χ1n) is 7.85. The molecule has 0 radical (unpaired) electrons. The Labute approximate surface area is 126 Å². The zero-order valence-electron chi connectivity index (χ0n) is 13.2. The van der Waals surface area contributed by atoms with Gasteiger partial charge in [0.15, 0.2) is 0 Å². The molecule has 2 aliphatic heterocycles. The fourth-order valence-corrected chi connectivity index (χ4v) is 3.08. The van der Waals surface area contributed by atoms with Gasteiger partial charge in [-0.05, 0) is 59.0 Å². The molecule has 2 fully saturated rings. The molecule has 2 heterocycles. The Balaban J connectivity index is 1.97. The van der Waals surface area contributed by atoms with Gasteiger partial charge < -0.3 is 20.7 Å². The van der Waals surface area contributed by atoms with Crippen LogP contribution in [0, 0.1) is 5.92 Å². The van der Waals surface area contributed by atoms with Gasteiger partial charge in [0.2, 0.25) is 5.91 Å². The van der Waals surface area contributed by atoms with Gasteiger partial charge in [0.1, 0.15) is 5.60 Å². The Morgan fingerprint density at radius 2 is 2.10 bits per heavy atom. The van der Waals surface area contributed by atoms with Crippen LogP contribution in [0.1, 0.15) is 46.5 Å². The minimum Gasteiger partial charge on any atom is -0.444 e. The first-order chi connectivity index (χ1) is 9.85. The Hall–Kier alpha value is -1.30. The number of carbonyl (C=O) groups excluding carboxylic acids is 2. The number of amides is 2. The number of rotatable bonds is 2. The van der Waals surface area contributed by atoms with E-state index in [9.17, 15) is 9.59 Å². The lowest BCUT2D eigenvalue weighted by Crippen LogP contribution is -2.60. The standard InChI is InChI=1S/C15H27N3O3/c1-15(2,3)21-14(20)17-11-6-7-12(19)18-13(11)10-5-4-8-16-9-10/h10-11,13,16H,4-9H2,1-3H3,(H,17,20)(H,18,19)/t10-,11+,13-/m0/s1. The molecule has 0 spiro atoms. The fraction of sp³-hybridized carbons (Fsp3) is 0.867. The van der Waals surface area contributed by atoms with E-state index >= 15 is 0 Å². The van der Waals surface area contributed by atoms with E-state index in [2.05, 4.69) is 16.0 Å². The molecule has 21 heavy (non-hydrogen) atoms. The van der Waals surface area contributed by atoms with Crippen molar-refractivity contribution in [3.63, 3.8) is 0 Å². The molecule has 2 rings (SSSR count). The van der Waals surface area contributed by atoms with E-state index in [1.807, 2.05) is 20.8 Å². The smallest absolute Gasteiger partial charge is 0.407 e. The highest BCUT2D eigenvalue weighted by Crippen LogP contribution is 2.22. The second kappa shape index (κ2) is 6.64. The van der Waals surface area contributed by atoms with Gasteiger partial charge in [-0.1, -0.05) is 0 Å². The van der Waals surface area contributed by atoms with Crippen molar-refractivity contribution in [3.05, 3.63) is 0 Å². The summed E-state index contributed by atoms with van der Waals surface area (Å²) >= 11 is 0. The summed E-state index contributed by atoms with van der Waals surface area (Å²) in [5.74, 6) is 0.441. The molecule has 2 saturated heterocycles. The van der Waals surface area contributed by atoms with Gasteiger partial charge >= 0.3 is 6.09 Å². The normalized spacial score (nSPS) is 30.4. The highest BCUT2D eigenvalue weighted by Gasteiger charge is 2.36. The Kier molecular flexibility index (Phi) is 5.08. The summed E-state index contributed by atoms with van der Waals surface area (Å²) in [5, 5.41) is 9.36. The topological polar surface area (TPSA) is 79.5 Å². The van der Waals surface area contributed by atoms with Gasteiger partial charge in [0.05, 0.1) is 12.1 Å². The predicted molar refractivity (Wildman–Crippen MR) is 79.9 cm³/mol. The Morgan fingerprint density at radius 3 is 2.71 bits per heavy atom. The molecule has 3 N–H and O–H groups in total. The quantitative estimate of drug-likeness (QED) is 0.714. The molecule has 0 aromatic rings. The van der Waals surface area contributed by atoms with E-state index in [0.29, 0.717) is 18.8 Å². The third-order valence-corrected chi connectivity index (χ3v) is 3.99. The zero-order valence-corrected chi connectivity index (χ0v) is 13.2. The summed E-state index contributed by atoms with van der Waals surface area (Å²) in [6.45, 7) is 7.45. The Bertz CT molecular complexity index is 386. The summed E-state index contributed by atoms with van der Waals surface area (Å²) < 4.78 is 5.32. The van der Waals surface area contributed by atoms with Gasteiger partial charge in [0.25, 0.3) is 0 Å². The van der Waals surface area contributed by atoms with E-state index in [0.717, 1.165) is 25.9 Å². The average molecular weight is 297 g/mol. The summed E-state index contributed by atoms with van der Waals surface area (Å²) in [6.07, 6.45) is 2.90. The van der Waals surface area contributed by atoms with Crippen LogP contribution in [0.4, 0.5) is 4.79 Å².